The highest BCUT2D eigenvalue weighted by molar-refractivity contribution is 5.95. The molecule has 1 aliphatic heterocycles. The van der Waals surface area contributed by atoms with E-state index in [-0.39, 0.29) is 0 Å². The van der Waals surface area contributed by atoms with E-state index < -0.39 is 39.3 Å². The molecule has 1 amide bonds. The van der Waals surface area contributed by atoms with Gasteiger partial charge in [-0.05, 0) is 18.9 Å². The molecular formula is C16H18F2N2O4. The van der Waals surface area contributed by atoms with E-state index in [2.05, 4.69) is 0 Å². The Hall–Kier alpha value is -2.09. The number of nitro groups is 1. The summed E-state index contributed by atoms with van der Waals surface area (Å²) in [5.41, 5.74) is -1.86. The van der Waals surface area contributed by atoms with Crippen LogP contribution < -0.4 is 0 Å². The summed E-state index contributed by atoms with van der Waals surface area (Å²) in [5, 5.41) is 10.6. The van der Waals surface area contributed by atoms with Gasteiger partial charge in [-0.3, -0.25) is 14.9 Å². The van der Waals surface area contributed by atoms with Crippen LogP contribution in [0.3, 0.4) is 0 Å². The van der Waals surface area contributed by atoms with E-state index in [1.807, 2.05) is 0 Å². The van der Waals surface area contributed by atoms with Crippen molar-refractivity contribution in [3.63, 3.8) is 0 Å². The van der Waals surface area contributed by atoms with Crippen LogP contribution in [0.4, 0.5) is 14.5 Å². The topological polar surface area (TPSA) is 72.7 Å². The third-order valence-corrected chi connectivity index (χ3v) is 4.76. The van der Waals surface area contributed by atoms with Crippen molar-refractivity contribution in [3.05, 3.63) is 39.4 Å². The minimum absolute atomic E-state index is 0.290. The summed E-state index contributed by atoms with van der Waals surface area (Å²) in [5.74, 6) is -2.96. The zero-order valence-electron chi connectivity index (χ0n) is 13.1. The van der Waals surface area contributed by atoms with Crippen LogP contribution in [0, 0.1) is 21.7 Å². The van der Waals surface area contributed by atoms with Gasteiger partial charge in [0.25, 0.3) is 5.91 Å². The molecule has 3 rings (SSSR count). The van der Waals surface area contributed by atoms with Crippen LogP contribution in [0.15, 0.2) is 12.1 Å². The summed E-state index contributed by atoms with van der Waals surface area (Å²) < 4.78 is 33.7. The Balaban J connectivity index is 1.83. The Labute approximate surface area is 137 Å². The summed E-state index contributed by atoms with van der Waals surface area (Å²) in [6.45, 7) is 0.978. The van der Waals surface area contributed by atoms with E-state index in [0.29, 0.717) is 31.8 Å². The highest BCUT2D eigenvalue weighted by atomic mass is 19.1. The van der Waals surface area contributed by atoms with Gasteiger partial charge < -0.3 is 9.64 Å². The van der Waals surface area contributed by atoms with Crippen molar-refractivity contribution in [2.45, 2.75) is 37.7 Å². The van der Waals surface area contributed by atoms with Crippen molar-refractivity contribution in [2.24, 2.45) is 0 Å². The molecule has 1 aliphatic carbocycles. The number of halogens is 2. The van der Waals surface area contributed by atoms with Crippen molar-refractivity contribution in [2.75, 3.05) is 19.7 Å². The van der Waals surface area contributed by atoms with E-state index >= 15 is 0 Å². The van der Waals surface area contributed by atoms with Crippen LogP contribution >= 0.6 is 0 Å². The van der Waals surface area contributed by atoms with Gasteiger partial charge in [0.2, 0.25) is 5.82 Å². The van der Waals surface area contributed by atoms with E-state index in [0.717, 1.165) is 32.1 Å². The van der Waals surface area contributed by atoms with Gasteiger partial charge in [-0.1, -0.05) is 19.3 Å². The molecule has 0 bridgehead atoms. The van der Waals surface area contributed by atoms with Crippen molar-refractivity contribution >= 4 is 11.6 Å². The van der Waals surface area contributed by atoms with Crippen LogP contribution in [0.2, 0.25) is 0 Å². The molecule has 1 aromatic carbocycles. The van der Waals surface area contributed by atoms with E-state index in [9.17, 15) is 23.7 Å². The number of benzene rings is 1. The highest BCUT2D eigenvalue weighted by Crippen LogP contribution is 2.35. The molecule has 1 saturated heterocycles. The Kier molecular flexibility index (Phi) is 4.49. The quantitative estimate of drug-likeness (QED) is 0.613. The SMILES string of the molecule is O=C(c1cc(F)c([N+](=O)[O-])cc1F)N1CCOC2(CCCCC2)C1. The molecule has 1 aromatic rings. The molecule has 1 heterocycles. The lowest BCUT2D eigenvalue weighted by Gasteiger charge is -2.45. The first-order valence-electron chi connectivity index (χ1n) is 7.99. The van der Waals surface area contributed by atoms with Gasteiger partial charge in [-0.25, -0.2) is 4.39 Å². The van der Waals surface area contributed by atoms with Crippen LogP contribution in [-0.4, -0.2) is 41.0 Å². The summed E-state index contributed by atoms with van der Waals surface area (Å²) in [6.07, 6.45) is 4.84. The number of carbonyl (C=O) groups is 1. The molecule has 1 saturated carbocycles. The van der Waals surface area contributed by atoms with Gasteiger partial charge in [0.05, 0.1) is 35.3 Å². The molecule has 6 nitrogen and oxygen atoms in total. The Morgan fingerprint density at radius 1 is 1.21 bits per heavy atom. The van der Waals surface area contributed by atoms with Gasteiger partial charge in [0.1, 0.15) is 5.82 Å². The fourth-order valence-corrected chi connectivity index (χ4v) is 3.53. The fraction of sp³-hybridized carbons (Fsp3) is 0.562. The zero-order valence-corrected chi connectivity index (χ0v) is 13.1. The number of hydrogen-bond donors (Lipinski definition) is 0. The molecule has 24 heavy (non-hydrogen) atoms. The lowest BCUT2D eigenvalue weighted by atomic mass is 9.83. The minimum Gasteiger partial charge on any atom is -0.371 e. The average Bonchev–Trinajstić information content (AvgIpc) is 2.56. The first kappa shape index (κ1) is 16.8. The second-order valence-corrected chi connectivity index (χ2v) is 6.36. The summed E-state index contributed by atoms with van der Waals surface area (Å²) >= 11 is 0. The number of nitrogens with zero attached hydrogens (tertiary/aromatic N) is 2. The second-order valence-electron chi connectivity index (χ2n) is 6.36. The van der Waals surface area contributed by atoms with Gasteiger partial charge in [0.15, 0.2) is 0 Å². The standard InChI is InChI=1S/C16H18F2N2O4/c17-12-9-14(20(22)23)13(18)8-11(12)15(21)19-6-7-24-16(10-19)4-2-1-3-5-16/h8-9H,1-7,10H2. The van der Waals surface area contributed by atoms with E-state index in [4.69, 9.17) is 4.74 Å². The maximum atomic E-state index is 14.1. The highest BCUT2D eigenvalue weighted by Gasteiger charge is 2.40. The molecule has 2 fully saturated rings. The third-order valence-electron chi connectivity index (χ3n) is 4.76. The number of morpholine rings is 1. The van der Waals surface area contributed by atoms with Gasteiger partial charge in [-0.15, -0.1) is 0 Å². The van der Waals surface area contributed by atoms with Gasteiger partial charge >= 0.3 is 5.69 Å². The number of ether oxygens (including phenoxy) is 1. The number of nitro benzene ring substituents is 1. The number of hydrogen-bond acceptors (Lipinski definition) is 4. The van der Waals surface area contributed by atoms with Crippen molar-refractivity contribution in [1.29, 1.82) is 0 Å². The number of carbonyl (C=O) groups excluding carboxylic acids is 1. The lowest BCUT2D eigenvalue weighted by molar-refractivity contribution is -0.387. The maximum absolute atomic E-state index is 14.1. The lowest BCUT2D eigenvalue weighted by Crippen LogP contribution is -2.54. The van der Waals surface area contributed by atoms with Crippen molar-refractivity contribution in [3.8, 4) is 0 Å². The monoisotopic (exact) mass is 340 g/mol. The second kappa shape index (κ2) is 6.43. The van der Waals surface area contributed by atoms with Crippen LogP contribution in [0.25, 0.3) is 0 Å². The molecule has 0 unspecified atom stereocenters. The predicted octanol–water partition coefficient (Wildman–Crippen LogP) is 3.05. The Bertz CT molecular complexity index is 669. The predicted molar refractivity (Wildman–Crippen MR) is 80.7 cm³/mol. The van der Waals surface area contributed by atoms with Gasteiger partial charge in [-0.2, -0.15) is 4.39 Å². The van der Waals surface area contributed by atoms with Crippen LogP contribution in [0.5, 0.6) is 0 Å². The molecule has 2 aliphatic rings. The Morgan fingerprint density at radius 3 is 2.58 bits per heavy atom. The third kappa shape index (κ3) is 3.10. The smallest absolute Gasteiger partial charge is 0.307 e. The molecule has 8 heteroatoms. The zero-order chi connectivity index (χ0) is 17.3. The first-order chi connectivity index (χ1) is 11.4. The maximum Gasteiger partial charge on any atom is 0.307 e. The average molecular weight is 340 g/mol. The number of amides is 1. The van der Waals surface area contributed by atoms with Crippen LogP contribution in [-0.2, 0) is 4.74 Å². The first-order valence-corrected chi connectivity index (χ1v) is 7.99. The molecule has 0 atom stereocenters. The summed E-state index contributed by atoms with van der Waals surface area (Å²) in [4.78, 5) is 23.7. The van der Waals surface area contributed by atoms with E-state index in [1.54, 1.807) is 0 Å². The molecule has 1 spiro atoms. The van der Waals surface area contributed by atoms with Gasteiger partial charge in [0, 0.05) is 6.54 Å². The summed E-state index contributed by atoms with van der Waals surface area (Å²) in [7, 11) is 0. The van der Waals surface area contributed by atoms with Crippen molar-refractivity contribution in [1.82, 2.24) is 4.90 Å². The van der Waals surface area contributed by atoms with Crippen LogP contribution in [0.1, 0.15) is 42.5 Å². The normalized spacial score (nSPS) is 20.2. The Morgan fingerprint density at radius 2 is 1.92 bits per heavy atom. The molecule has 0 radical (unpaired) electrons. The largest absolute Gasteiger partial charge is 0.371 e. The van der Waals surface area contributed by atoms with E-state index in [1.165, 1.54) is 4.90 Å². The van der Waals surface area contributed by atoms with Crippen molar-refractivity contribution < 1.29 is 23.2 Å². The summed E-state index contributed by atoms with van der Waals surface area (Å²) in [6, 6.07) is 1.07. The minimum atomic E-state index is -1.22. The fourth-order valence-electron chi connectivity index (χ4n) is 3.53. The molecule has 0 N–H and O–H groups in total. The number of rotatable bonds is 2. The molecule has 0 aromatic heterocycles. The molecule has 130 valence electrons. The molecular weight excluding hydrogens is 322 g/mol.